The molecule has 0 saturated carbocycles. The molecule has 0 fully saturated rings. The number of nitrogens with one attached hydrogen (secondary N) is 1. The minimum atomic E-state index is -0.905. The van der Waals surface area contributed by atoms with E-state index in [1.165, 1.54) is 12.1 Å². The van der Waals surface area contributed by atoms with Crippen molar-refractivity contribution in [3.63, 3.8) is 0 Å². The Hall–Kier alpha value is -2.57. The standard InChI is InChI=1S/C25H25Cl2FN2O3/c1-2-21(25(32)33)30-22-8-6-16(28)12-18(22)19-13-17(7-9-23(19)30)29-24(31)10-4-14-3-5-15(26)11-20(14)27/h3,5-6,8,11-12,17,21H,2,4,7,9-10,13H2,1H3,(H,29,31)(H,32,33)/t17-,21?/m0/s1. The van der Waals surface area contributed by atoms with Crippen molar-refractivity contribution in [1.82, 2.24) is 9.88 Å². The van der Waals surface area contributed by atoms with Gasteiger partial charge < -0.3 is 15.0 Å². The number of aliphatic carboxylic acids is 1. The third-order valence-electron chi connectivity index (χ3n) is 6.35. The third-order valence-corrected chi connectivity index (χ3v) is 6.93. The second-order valence-corrected chi connectivity index (χ2v) is 9.31. The first-order valence-electron chi connectivity index (χ1n) is 11.1. The molecule has 0 spiro atoms. The van der Waals surface area contributed by atoms with Gasteiger partial charge in [-0.05, 0) is 73.6 Å². The van der Waals surface area contributed by atoms with Crippen LogP contribution in [0.4, 0.5) is 4.39 Å². The van der Waals surface area contributed by atoms with Crippen molar-refractivity contribution in [2.24, 2.45) is 0 Å². The summed E-state index contributed by atoms with van der Waals surface area (Å²) in [6.45, 7) is 1.83. The molecule has 1 aromatic heterocycles. The van der Waals surface area contributed by atoms with Crippen LogP contribution in [-0.2, 0) is 28.9 Å². The molecular weight excluding hydrogens is 466 g/mol. The summed E-state index contributed by atoms with van der Waals surface area (Å²) in [6.07, 6.45) is 3.06. The number of nitrogens with zero attached hydrogens (tertiary/aromatic N) is 1. The Morgan fingerprint density at radius 3 is 2.73 bits per heavy atom. The molecule has 8 heteroatoms. The number of hydrogen-bond donors (Lipinski definition) is 2. The second kappa shape index (κ2) is 9.74. The van der Waals surface area contributed by atoms with Gasteiger partial charge in [0.15, 0.2) is 0 Å². The molecule has 1 amide bonds. The Morgan fingerprint density at radius 2 is 2.03 bits per heavy atom. The normalized spacial score (nSPS) is 16.4. The maximum Gasteiger partial charge on any atom is 0.326 e. The van der Waals surface area contributed by atoms with Crippen LogP contribution >= 0.6 is 23.2 Å². The van der Waals surface area contributed by atoms with Gasteiger partial charge in [0.05, 0.1) is 0 Å². The second-order valence-electron chi connectivity index (χ2n) is 8.46. The number of carbonyl (C=O) groups excluding carboxylic acids is 1. The van der Waals surface area contributed by atoms with Crippen molar-refractivity contribution in [2.75, 3.05) is 0 Å². The fourth-order valence-electron chi connectivity index (χ4n) is 4.78. The smallest absolute Gasteiger partial charge is 0.326 e. The van der Waals surface area contributed by atoms with E-state index >= 15 is 0 Å². The number of aryl methyl sites for hydroxylation is 1. The largest absolute Gasteiger partial charge is 0.480 e. The van der Waals surface area contributed by atoms with Gasteiger partial charge in [-0.3, -0.25) is 4.79 Å². The van der Waals surface area contributed by atoms with Crippen LogP contribution in [-0.4, -0.2) is 27.6 Å². The first-order valence-corrected chi connectivity index (χ1v) is 11.8. The maximum atomic E-state index is 14.1. The van der Waals surface area contributed by atoms with Crippen LogP contribution in [0.25, 0.3) is 10.9 Å². The van der Waals surface area contributed by atoms with Gasteiger partial charge >= 0.3 is 5.97 Å². The van der Waals surface area contributed by atoms with E-state index in [-0.39, 0.29) is 24.2 Å². The monoisotopic (exact) mass is 490 g/mol. The molecule has 2 atom stereocenters. The lowest BCUT2D eigenvalue weighted by Crippen LogP contribution is -2.39. The molecule has 1 heterocycles. The van der Waals surface area contributed by atoms with E-state index in [0.29, 0.717) is 42.1 Å². The Morgan fingerprint density at radius 1 is 1.24 bits per heavy atom. The fourth-order valence-corrected chi connectivity index (χ4v) is 5.29. The molecule has 5 nitrogen and oxygen atoms in total. The number of hydrogen-bond acceptors (Lipinski definition) is 2. The quantitative estimate of drug-likeness (QED) is 0.444. The lowest BCUT2D eigenvalue weighted by Gasteiger charge is -2.26. The highest BCUT2D eigenvalue weighted by Crippen LogP contribution is 2.36. The maximum absolute atomic E-state index is 14.1. The van der Waals surface area contributed by atoms with Gasteiger partial charge in [0.2, 0.25) is 5.91 Å². The number of carboxylic acids is 1. The zero-order chi connectivity index (χ0) is 23.7. The zero-order valence-corrected chi connectivity index (χ0v) is 19.7. The molecule has 4 rings (SSSR count). The summed E-state index contributed by atoms with van der Waals surface area (Å²) in [7, 11) is 0. The summed E-state index contributed by atoms with van der Waals surface area (Å²) < 4.78 is 15.9. The van der Waals surface area contributed by atoms with Crippen molar-refractivity contribution < 1.29 is 19.1 Å². The van der Waals surface area contributed by atoms with Crippen LogP contribution in [0.1, 0.15) is 49.0 Å². The fraction of sp³-hybridized carbons (Fsp3) is 0.360. The van der Waals surface area contributed by atoms with E-state index < -0.39 is 12.0 Å². The first-order chi connectivity index (χ1) is 15.8. The Bertz CT molecular complexity index is 1220. The molecule has 0 aliphatic heterocycles. The SMILES string of the molecule is CCC(C(=O)O)n1c2c(c3cc(F)ccc31)C[C@@H](NC(=O)CCc1ccc(Cl)cc1Cl)CC2. The number of aromatic nitrogens is 1. The summed E-state index contributed by atoms with van der Waals surface area (Å²) in [5.41, 5.74) is 3.42. The molecule has 0 saturated heterocycles. The summed E-state index contributed by atoms with van der Waals surface area (Å²) in [4.78, 5) is 24.5. The van der Waals surface area contributed by atoms with Crippen LogP contribution in [0.2, 0.25) is 10.0 Å². The molecule has 3 aromatic rings. The van der Waals surface area contributed by atoms with E-state index in [2.05, 4.69) is 5.32 Å². The first kappa shape index (κ1) is 23.6. The van der Waals surface area contributed by atoms with Crippen molar-refractivity contribution in [3.05, 3.63) is 69.1 Å². The van der Waals surface area contributed by atoms with Crippen molar-refractivity contribution in [2.45, 2.75) is 57.5 Å². The van der Waals surface area contributed by atoms with Crippen LogP contribution in [0.5, 0.6) is 0 Å². The van der Waals surface area contributed by atoms with Gasteiger partial charge in [-0.2, -0.15) is 0 Å². The lowest BCUT2D eigenvalue weighted by molar-refractivity contribution is -0.141. The zero-order valence-electron chi connectivity index (χ0n) is 18.2. The summed E-state index contributed by atoms with van der Waals surface area (Å²) >= 11 is 12.1. The molecule has 1 aliphatic carbocycles. The molecule has 174 valence electrons. The van der Waals surface area contributed by atoms with E-state index in [9.17, 15) is 19.1 Å². The van der Waals surface area contributed by atoms with Crippen molar-refractivity contribution >= 4 is 46.0 Å². The lowest BCUT2D eigenvalue weighted by atomic mass is 9.91. The average Bonchev–Trinajstić information content (AvgIpc) is 3.06. The van der Waals surface area contributed by atoms with Gasteiger partial charge in [0, 0.05) is 39.1 Å². The van der Waals surface area contributed by atoms with Crippen LogP contribution < -0.4 is 5.32 Å². The van der Waals surface area contributed by atoms with Crippen LogP contribution in [0.3, 0.4) is 0 Å². The van der Waals surface area contributed by atoms with E-state index in [1.54, 1.807) is 18.2 Å². The Labute approximate surface area is 201 Å². The number of carboxylic acid groups (broad SMARTS) is 1. The number of halogens is 3. The van der Waals surface area contributed by atoms with Crippen molar-refractivity contribution in [3.8, 4) is 0 Å². The summed E-state index contributed by atoms with van der Waals surface area (Å²) in [6, 6.07) is 8.90. The number of benzene rings is 2. The highest BCUT2D eigenvalue weighted by atomic mass is 35.5. The van der Waals surface area contributed by atoms with Gasteiger partial charge in [-0.25, -0.2) is 9.18 Å². The Balaban J connectivity index is 1.53. The van der Waals surface area contributed by atoms with Gasteiger partial charge in [-0.1, -0.05) is 36.2 Å². The predicted molar refractivity (Wildman–Crippen MR) is 128 cm³/mol. The molecule has 2 aromatic carbocycles. The van der Waals surface area contributed by atoms with E-state index in [1.807, 2.05) is 17.6 Å². The number of carbonyl (C=O) groups is 2. The topological polar surface area (TPSA) is 71.3 Å². The summed E-state index contributed by atoms with van der Waals surface area (Å²) in [5, 5.41) is 14.6. The van der Waals surface area contributed by atoms with Crippen LogP contribution in [0, 0.1) is 5.82 Å². The molecule has 1 aliphatic rings. The highest BCUT2D eigenvalue weighted by molar-refractivity contribution is 6.35. The van der Waals surface area contributed by atoms with Gasteiger partial charge in [0.25, 0.3) is 0 Å². The number of fused-ring (bicyclic) bond motifs is 3. The van der Waals surface area contributed by atoms with Gasteiger partial charge in [0.1, 0.15) is 11.9 Å². The Kier molecular flexibility index (Phi) is 6.96. The summed E-state index contributed by atoms with van der Waals surface area (Å²) in [5.74, 6) is -1.35. The minimum Gasteiger partial charge on any atom is -0.480 e. The number of amides is 1. The predicted octanol–water partition coefficient (Wildman–Crippen LogP) is 5.73. The minimum absolute atomic E-state index is 0.0821. The molecular formula is C25H25Cl2FN2O3. The molecule has 2 N–H and O–H groups in total. The molecule has 0 radical (unpaired) electrons. The van der Waals surface area contributed by atoms with Crippen molar-refractivity contribution in [1.29, 1.82) is 0 Å². The van der Waals surface area contributed by atoms with Gasteiger partial charge in [-0.15, -0.1) is 0 Å². The molecule has 1 unspecified atom stereocenters. The van der Waals surface area contributed by atoms with Crippen LogP contribution in [0.15, 0.2) is 36.4 Å². The number of rotatable bonds is 7. The molecule has 0 bridgehead atoms. The van der Waals surface area contributed by atoms with E-state index in [4.69, 9.17) is 23.2 Å². The van der Waals surface area contributed by atoms with E-state index in [0.717, 1.165) is 27.7 Å². The molecule has 33 heavy (non-hydrogen) atoms. The third kappa shape index (κ3) is 4.87. The average molecular weight is 491 g/mol. The highest BCUT2D eigenvalue weighted by Gasteiger charge is 2.30.